The minimum absolute atomic E-state index is 0.0755. The fourth-order valence-electron chi connectivity index (χ4n) is 0.468. The van der Waals surface area contributed by atoms with Gasteiger partial charge in [-0.25, -0.2) is 0 Å². The summed E-state index contributed by atoms with van der Waals surface area (Å²) >= 11 is 0. The molecule has 1 aliphatic carbocycles. The maximum Gasteiger partial charge on any atom is 0.592 e. The Balaban J connectivity index is 2.31. The first-order valence-corrected chi connectivity index (χ1v) is 2.48. The first-order chi connectivity index (χ1) is 3.83. The Morgan fingerprint density at radius 1 is 1.88 bits per heavy atom. The van der Waals surface area contributed by atoms with Gasteiger partial charge in [-0.1, -0.05) is 0 Å². The highest BCUT2D eigenvalue weighted by molar-refractivity contribution is 6.03. The number of hydrogen-bond acceptors (Lipinski definition) is 2. The molecular weight excluding hydrogens is 104 g/mol. The molecule has 0 amide bonds. The molecule has 0 saturated carbocycles. The van der Waals surface area contributed by atoms with Crippen LogP contribution in [0.15, 0.2) is 5.76 Å². The van der Waals surface area contributed by atoms with Gasteiger partial charge >= 0.3 is 24.0 Å². The predicted molar refractivity (Wildman–Crippen MR) is 27.7 cm³/mol. The molecule has 0 unspecified atom stereocenters. The van der Waals surface area contributed by atoms with Gasteiger partial charge in [0.25, 0.3) is 0 Å². The van der Waals surface area contributed by atoms with E-state index in [1.807, 2.05) is 6.92 Å². The van der Waals surface area contributed by atoms with E-state index >= 15 is 0 Å². The van der Waals surface area contributed by atoms with Crippen molar-refractivity contribution in [1.29, 1.82) is 0 Å². The van der Waals surface area contributed by atoms with Crippen molar-refractivity contribution in [2.24, 2.45) is 0 Å². The number of hydrogen-bond donors (Lipinski definition) is 0. The Kier molecular flexibility index (Phi) is 1.18. The van der Waals surface area contributed by atoms with Crippen LogP contribution in [-0.4, -0.2) is 12.4 Å². The summed E-state index contributed by atoms with van der Waals surface area (Å²) in [6.07, 6.45) is 3.86. The van der Waals surface area contributed by atoms with Crippen LogP contribution in [0.2, 0.25) is 0 Å². The Morgan fingerprint density at radius 2 is 2.50 bits per heavy atom. The highest BCUT2D eigenvalue weighted by Crippen LogP contribution is 2.11. The van der Waals surface area contributed by atoms with Gasteiger partial charge in [0.2, 0.25) is 0 Å². The van der Waals surface area contributed by atoms with Gasteiger partial charge in [0.15, 0.2) is 0 Å². The molecule has 0 bridgehead atoms. The van der Waals surface area contributed by atoms with Crippen molar-refractivity contribution in [2.45, 2.75) is 6.92 Å². The molecule has 0 fully saturated rings. The lowest BCUT2D eigenvalue weighted by Gasteiger charge is -1.87. The number of carbonyl (C=O) groups excluding carboxylic acids is 1. The highest BCUT2D eigenvalue weighted by atomic mass is 16.5. The van der Waals surface area contributed by atoms with Gasteiger partial charge in [0.05, 0.1) is 6.61 Å². The van der Waals surface area contributed by atoms with Crippen LogP contribution in [0.5, 0.6) is 0 Å². The number of Topliss-reactive ketones (excluding diaryl/α,β-unsaturated/α-hetero) is 1. The molecule has 0 aliphatic heterocycles. The normalized spacial score (nSPS) is 15.1. The van der Waals surface area contributed by atoms with Gasteiger partial charge in [-0.05, 0) is 6.92 Å². The van der Waals surface area contributed by atoms with Gasteiger partial charge < -0.3 is 4.74 Å². The highest BCUT2D eigenvalue weighted by Gasteiger charge is 2.51. The molecule has 0 N–H and O–H groups in total. The summed E-state index contributed by atoms with van der Waals surface area (Å²) in [6.45, 7) is 2.47. The summed E-state index contributed by atoms with van der Waals surface area (Å²) < 4.78 is 4.88. The third-order valence-electron chi connectivity index (χ3n) is 0.808. The van der Waals surface area contributed by atoms with E-state index in [9.17, 15) is 4.79 Å². The third kappa shape index (κ3) is 0.796. The quantitative estimate of drug-likeness (QED) is 0.484. The number of ether oxygens (including phenoxy) is 1. The minimum Gasteiger partial charge on any atom is -0.420 e. The monoisotopic (exact) mass is 110 g/mol. The van der Waals surface area contributed by atoms with E-state index in [0.29, 0.717) is 12.4 Å². The van der Waals surface area contributed by atoms with Gasteiger partial charge in [-0.2, -0.15) is 4.79 Å². The average Bonchev–Trinajstić information content (AvgIpc) is 1.64. The molecule has 0 saturated heterocycles. The molecule has 2 nitrogen and oxygen atoms in total. The summed E-state index contributed by atoms with van der Waals surface area (Å²) in [5, 5.41) is 0. The fourth-order valence-corrected chi connectivity index (χ4v) is 0.468. The Labute approximate surface area is 48.1 Å². The van der Waals surface area contributed by atoms with Crippen molar-refractivity contribution in [3.63, 3.8) is 0 Å². The van der Waals surface area contributed by atoms with E-state index in [1.165, 1.54) is 6.42 Å². The number of allylic oxidation sites excluding steroid dienone is 2. The zero-order valence-corrected chi connectivity index (χ0v) is 4.60. The van der Waals surface area contributed by atoms with Gasteiger partial charge in [-0.3, -0.25) is 0 Å². The molecular formula is C6H6O2+2. The number of rotatable bonds is 2. The molecule has 40 valence electrons. The smallest absolute Gasteiger partial charge is 0.420 e. The molecule has 0 aromatic heterocycles. The maximum atomic E-state index is 10.1. The SMILES string of the molecule is CCOC1=[C+]C(=O)[CH+]1. The van der Waals surface area contributed by atoms with Crippen LogP contribution in [0.25, 0.3) is 0 Å². The van der Waals surface area contributed by atoms with Crippen LogP contribution >= 0.6 is 0 Å². The lowest BCUT2D eigenvalue weighted by molar-refractivity contribution is -0.114. The maximum absolute atomic E-state index is 10.1. The largest absolute Gasteiger partial charge is 0.592 e. The van der Waals surface area contributed by atoms with E-state index < -0.39 is 0 Å². The van der Waals surface area contributed by atoms with E-state index in [0.717, 1.165) is 0 Å². The van der Waals surface area contributed by atoms with E-state index in [1.54, 1.807) is 0 Å². The predicted octanol–water partition coefficient (Wildman–Crippen LogP) is 0.497. The van der Waals surface area contributed by atoms with Crippen LogP contribution in [0.4, 0.5) is 0 Å². The second-order valence-corrected chi connectivity index (χ2v) is 1.43. The minimum atomic E-state index is -0.0755. The van der Waals surface area contributed by atoms with Crippen LogP contribution in [0.1, 0.15) is 6.92 Å². The van der Waals surface area contributed by atoms with Gasteiger partial charge in [-0.15, -0.1) is 0 Å². The molecule has 1 aliphatic rings. The van der Waals surface area contributed by atoms with Crippen molar-refractivity contribution in [3.8, 4) is 0 Å². The van der Waals surface area contributed by atoms with Crippen molar-refractivity contribution < 1.29 is 9.53 Å². The molecule has 0 spiro atoms. The fraction of sp³-hybridized carbons (Fsp3) is 0.333. The number of ketones is 1. The standard InChI is InChI=1S/C6H6O2/c1-2-8-6-3-5(7)4-6/h3H,2H2,1H3/q+2. The first kappa shape index (κ1) is 5.13. The molecule has 1 rings (SSSR count). The molecule has 2 heteroatoms. The van der Waals surface area contributed by atoms with Crippen molar-refractivity contribution in [3.05, 3.63) is 18.3 Å². The average molecular weight is 110 g/mol. The van der Waals surface area contributed by atoms with Gasteiger partial charge in [0.1, 0.15) is 0 Å². The summed E-state index contributed by atoms with van der Waals surface area (Å²) in [5.74, 6) is 0.506. The lowest BCUT2D eigenvalue weighted by atomic mass is 10.1. The topological polar surface area (TPSA) is 26.3 Å². The summed E-state index contributed by atoms with van der Waals surface area (Å²) in [4.78, 5) is 10.1. The second-order valence-electron chi connectivity index (χ2n) is 1.43. The third-order valence-corrected chi connectivity index (χ3v) is 0.808. The molecule has 8 heavy (non-hydrogen) atoms. The summed E-state index contributed by atoms with van der Waals surface area (Å²) in [5.41, 5.74) is 0. The summed E-state index contributed by atoms with van der Waals surface area (Å²) in [6, 6.07) is 0. The van der Waals surface area contributed by atoms with Crippen molar-refractivity contribution in [1.82, 2.24) is 0 Å². The Bertz CT molecular complexity index is 135. The molecule has 0 aromatic rings. The van der Waals surface area contributed by atoms with Crippen LogP contribution in [-0.2, 0) is 9.53 Å². The molecule has 0 heterocycles. The lowest BCUT2D eigenvalue weighted by Crippen LogP contribution is -2.12. The molecule has 0 aromatic carbocycles. The Morgan fingerprint density at radius 3 is 2.88 bits per heavy atom. The summed E-state index contributed by atoms with van der Waals surface area (Å²) in [7, 11) is 0. The number of carbonyl (C=O) groups is 1. The Hall–Kier alpha value is -1.01. The van der Waals surface area contributed by atoms with Crippen molar-refractivity contribution in [2.75, 3.05) is 6.61 Å². The van der Waals surface area contributed by atoms with Crippen molar-refractivity contribution >= 4 is 5.78 Å². The van der Waals surface area contributed by atoms with E-state index in [2.05, 4.69) is 6.08 Å². The first-order valence-electron chi connectivity index (χ1n) is 2.48. The second kappa shape index (κ2) is 1.85. The molecule has 0 radical (unpaired) electrons. The van der Waals surface area contributed by atoms with E-state index in [-0.39, 0.29) is 5.78 Å². The zero-order valence-electron chi connectivity index (χ0n) is 4.60. The van der Waals surface area contributed by atoms with Gasteiger partial charge in [0, 0.05) is 0 Å². The van der Waals surface area contributed by atoms with Crippen LogP contribution < -0.4 is 0 Å². The van der Waals surface area contributed by atoms with Crippen LogP contribution in [0, 0.1) is 12.5 Å². The molecule has 0 atom stereocenters. The van der Waals surface area contributed by atoms with Crippen LogP contribution in [0.3, 0.4) is 0 Å². The van der Waals surface area contributed by atoms with E-state index in [4.69, 9.17) is 4.74 Å². The zero-order chi connectivity index (χ0) is 5.98.